The number of primary amides is 1. The number of fused-ring (bicyclic) bond motifs is 1. The van der Waals surface area contributed by atoms with Gasteiger partial charge in [-0.3, -0.25) is 9.78 Å². The largest absolute Gasteiger partial charge is 0.488 e. The van der Waals surface area contributed by atoms with Crippen LogP contribution in [0.5, 0.6) is 11.5 Å². The lowest BCUT2D eigenvalue weighted by Gasteiger charge is -2.34. The molecule has 11 heteroatoms. The van der Waals surface area contributed by atoms with Crippen molar-refractivity contribution in [2.45, 2.75) is 38.4 Å². The number of piperidine rings is 2. The van der Waals surface area contributed by atoms with E-state index in [4.69, 9.17) is 38.4 Å². The van der Waals surface area contributed by atoms with Gasteiger partial charge in [0.2, 0.25) is 5.91 Å². The smallest absolute Gasteiger partial charge is 0.241 e. The third-order valence-electron chi connectivity index (χ3n) is 8.63. The number of carbonyl (C=O) groups is 1. The summed E-state index contributed by atoms with van der Waals surface area (Å²) in [5, 5.41) is 15.4. The molecule has 0 bridgehead atoms. The molecule has 0 radical (unpaired) electrons. The molecule has 9 nitrogen and oxygen atoms in total. The number of hydrogen-bond donors (Lipinski definition) is 2. The number of rotatable bonds is 9. The number of ether oxygens (including phenoxy) is 2. The number of pyridine rings is 1. The van der Waals surface area contributed by atoms with Gasteiger partial charge in [0, 0.05) is 60.6 Å². The number of nitrogens with two attached hydrogens (primary N) is 1. The maximum absolute atomic E-state index is 11.5. The molecule has 2 aliphatic rings. The normalized spacial score (nSPS) is 15.7. The van der Waals surface area contributed by atoms with Crippen molar-refractivity contribution in [3.63, 3.8) is 0 Å². The van der Waals surface area contributed by atoms with Gasteiger partial charge < -0.3 is 30.3 Å². The van der Waals surface area contributed by atoms with E-state index in [9.17, 15) is 10.1 Å². The summed E-state index contributed by atoms with van der Waals surface area (Å²) in [5.41, 5.74) is 10.8. The predicted molar refractivity (Wildman–Crippen MR) is 187 cm³/mol. The summed E-state index contributed by atoms with van der Waals surface area (Å²) < 4.78 is 12.6. The summed E-state index contributed by atoms with van der Waals surface area (Å²) in [6, 6.07) is 19.2. The Morgan fingerprint density at radius 2 is 1.81 bits per heavy atom. The van der Waals surface area contributed by atoms with Crippen molar-refractivity contribution < 1.29 is 14.3 Å². The minimum atomic E-state index is -0.419. The van der Waals surface area contributed by atoms with Crippen LogP contribution in [0, 0.1) is 11.3 Å². The highest BCUT2D eigenvalue weighted by Crippen LogP contribution is 2.41. The van der Waals surface area contributed by atoms with Crippen LogP contribution in [0.15, 0.2) is 72.4 Å². The van der Waals surface area contributed by atoms with Crippen LogP contribution in [0.2, 0.25) is 10.0 Å². The van der Waals surface area contributed by atoms with Gasteiger partial charge in [-0.05, 0) is 74.7 Å². The molecule has 1 amide bonds. The van der Waals surface area contributed by atoms with E-state index in [0.29, 0.717) is 57.9 Å². The van der Waals surface area contributed by atoms with Gasteiger partial charge >= 0.3 is 0 Å². The van der Waals surface area contributed by atoms with Gasteiger partial charge in [-0.1, -0.05) is 40.9 Å². The maximum atomic E-state index is 11.5. The lowest BCUT2D eigenvalue weighted by molar-refractivity contribution is -0.113. The molecule has 3 aromatic carbocycles. The quantitative estimate of drug-likeness (QED) is 0.179. The van der Waals surface area contributed by atoms with Crippen LogP contribution >= 0.6 is 23.2 Å². The van der Waals surface area contributed by atoms with Gasteiger partial charge in [-0.25, -0.2) is 0 Å². The molecule has 3 N–H and O–H groups in total. The van der Waals surface area contributed by atoms with Crippen LogP contribution in [0.3, 0.4) is 0 Å². The summed E-state index contributed by atoms with van der Waals surface area (Å²) in [7, 11) is 2.13. The highest BCUT2D eigenvalue weighted by atomic mass is 35.5. The van der Waals surface area contributed by atoms with Crippen molar-refractivity contribution in [3.8, 4) is 17.6 Å². The predicted octanol–water partition coefficient (Wildman–Crippen LogP) is 7.22. The van der Waals surface area contributed by atoms with Crippen molar-refractivity contribution in [3.05, 3.63) is 93.6 Å². The molecule has 1 aromatic heterocycles. The summed E-state index contributed by atoms with van der Waals surface area (Å²) in [5.74, 6) is 0.889. The number of nitrogens with one attached hydrogen (secondary N) is 1. The first-order chi connectivity index (χ1) is 22.7. The fourth-order valence-corrected chi connectivity index (χ4v) is 6.37. The Labute approximate surface area is 284 Å². The Morgan fingerprint density at radius 1 is 1.06 bits per heavy atom. The fraction of sp³-hybridized carbons (Fsp3) is 0.306. The van der Waals surface area contributed by atoms with Crippen molar-refractivity contribution in [2.75, 3.05) is 43.4 Å². The number of aromatic nitrogens is 1. The van der Waals surface area contributed by atoms with E-state index in [0.717, 1.165) is 66.7 Å². The van der Waals surface area contributed by atoms with Crippen molar-refractivity contribution in [1.29, 1.82) is 5.26 Å². The average molecular weight is 672 g/mol. The zero-order valence-electron chi connectivity index (χ0n) is 26.1. The number of hydrogen-bond acceptors (Lipinski definition) is 8. The molecule has 242 valence electrons. The van der Waals surface area contributed by atoms with Gasteiger partial charge in [0.25, 0.3) is 0 Å². The zero-order chi connectivity index (χ0) is 32.9. The van der Waals surface area contributed by atoms with Crippen molar-refractivity contribution in [1.82, 2.24) is 9.88 Å². The molecule has 3 heterocycles. The summed E-state index contributed by atoms with van der Waals surface area (Å²) >= 11 is 12.6. The number of likely N-dealkylation sites (tertiary alicyclic amines) is 1. The van der Waals surface area contributed by atoms with Crippen LogP contribution in [0.25, 0.3) is 10.9 Å². The second-order valence-corrected chi connectivity index (χ2v) is 12.8. The Hall–Kier alpha value is -4.49. The number of anilines is 3. The lowest BCUT2D eigenvalue weighted by atomic mass is 10.0. The van der Waals surface area contributed by atoms with E-state index in [1.807, 2.05) is 36.4 Å². The molecule has 47 heavy (non-hydrogen) atoms. The maximum Gasteiger partial charge on any atom is 0.241 e. The number of nitrogens with zero attached hydrogens (tertiary/aromatic N) is 4. The number of halogens is 2. The van der Waals surface area contributed by atoms with E-state index in [2.05, 4.69) is 39.3 Å². The number of carbonyl (C=O) groups excluding carboxylic acids is 1. The molecular weight excluding hydrogens is 635 g/mol. The highest BCUT2D eigenvalue weighted by Gasteiger charge is 2.25. The molecule has 0 spiro atoms. The third kappa shape index (κ3) is 7.91. The van der Waals surface area contributed by atoms with E-state index in [1.54, 1.807) is 18.3 Å². The summed E-state index contributed by atoms with van der Waals surface area (Å²) in [6.45, 7) is 3.71. The highest BCUT2D eigenvalue weighted by molar-refractivity contribution is 6.32. The summed E-state index contributed by atoms with van der Waals surface area (Å²) in [4.78, 5) is 20.7. The molecule has 4 aromatic rings. The van der Waals surface area contributed by atoms with Crippen LogP contribution < -0.4 is 25.4 Å². The Kier molecular flexibility index (Phi) is 10.0. The standard InChI is InChI=1S/C36H36Cl2N6O3/c1-43-12-10-28(11-13-43)47-34-19-31-29(18-32(34)44-14-8-23(9-15-44)16-35(40)45)36(25(20-39)21-41-31)42-27-6-7-33(30(38)17-27)46-22-24-2-4-26(37)5-3-24/h2-7,16-19,21,28H,8-15,22H2,1H3,(H2,40,45)(H,41,42). The second-order valence-electron chi connectivity index (χ2n) is 12.0. The third-order valence-corrected chi connectivity index (χ3v) is 9.18. The molecule has 0 aliphatic carbocycles. The van der Waals surface area contributed by atoms with E-state index in [1.165, 1.54) is 6.08 Å². The van der Waals surface area contributed by atoms with Gasteiger partial charge in [-0.15, -0.1) is 0 Å². The van der Waals surface area contributed by atoms with E-state index < -0.39 is 5.91 Å². The van der Waals surface area contributed by atoms with Crippen LogP contribution in [0.1, 0.15) is 36.8 Å². The SMILES string of the molecule is CN1CCC(Oc2cc3ncc(C#N)c(Nc4ccc(OCc5ccc(Cl)cc5)c(Cl)c4)c3cc2N2CCC(=CC(N)=O)CC2)CC1. The molecule has 0 unspecified atom stereocenters. The number of benzene rings is 3. The number of amides is 1. The molecule has 6 rings (SSSR count). The first kappa shape index (κ1) is 32.5. The zero-order valence-corrected chi connectivity index (χ0v) is 27.7. The fourth-order valence-electron chi connectivity index (χ4n) is 6.01. The lowest BCUT2D eigenvalue weighted by Crippen LogP contribution is -2.36. The van der Waals surface area contributed by atoms with Crippen molar-refractivity contribution in [2.24, 2.45) is 5.73 Å². The minimum absolute atomic E-state index is 0.0936. The molecule has 0 atom stereocenters. The van der Waals surface area contributed by atoms with Crippen LogP contribution in [-0.4, -0.2) is 55.1 Å². The first-order valence-electron chi connectivity index (χ1n) is 15.7. The Balaban J connectivity index is 1.31. The molecule has 2 aliphatic heterocycles. The Bertz CT molecular complexity index is 1840. The van der Waals surface area contributed by atoms with Crippen LogP contribution in [0.4, 0.5) is 17.1 Å². The van der Waals surface area contributed by atoms with Gasteiger partial charge in [-0.2, -0.15) is 5.26 Å². The minimum Gasteiger partial charge on any atom is -0.488 e. The Morgan fingerprint density at radius 3 is 2.49 bits per heavy atom. The first-order valence-corrected chi connectivity index (χ1v) is 16.4. The monoisotopic (exact) mass is 670 g/mol. The molecule has 2 saturated heterocycles. The molecule has 0 saturated carbocycles. The average Bonchev–Trinajstić information content (AvgIpc) is 3.06. The second kappa shape index (κ2) is 14.5. The van der Waals surface area contributed by atoms with Crippen LogP contribution in [-0.2, 0) is 11.4 Å². The molecule has 2 fully saturated rings. The summed E-state index contributed by atoms with van der Waals surface area (Å²) in [6.07, 6.45) is 6.54. The number of nitriles is 1. The topological polar surface area (TPSA) is 117 Å². The molecular formula is C36H36Cl2N6O3. The van der Waals surface area contributed by atoms with Crippen molar-refractivity contribution >= 4 is 57.1 Å². The van der Waals surface area contributed by atoms with E-state index >= 15 is 0 Å². The van der Waals surface area contributed by atoms with Gasteiger partial charge in [0.1, 0.15) is 30.3 Å². The van der Waals surface area contributed by atoms with Gasteiger partial charge in [0.05, 0.1) is 27.5 Å². The van der Waals surface area contributed by atoms with E-state index in [-0.39, 0.29) is 6.10 Å². The van der Waals surface area contributed by atoms with Gasteiger partial charge in [0.15, 0.2) is 0 Å².